The van der Waals surface area contributed by atoms with Gasteiger partial charge in [-0.2, -0.15) is 0 Å². The van der Waals surface area contributed by atoms with Crippen molar-refractivity contribution in [1.82, 2.24) is 9.97 Å². The summed E-state index contributed by atoms with van der Waals surface area (Å²) < 4.78 is -1.71. The van der Waals surface area contributed by atoms with Crippen LogP contribution in [0.25, 0.3) is 11.0 Å². The van der Waals surface area contributed by atoms with Crippen molar-refractivity contribution in [1.29, 1.82) is 0 Å². The highest BCUT2D eigenvalue weighted by atomic mass is 35.6. The zero-order valence-corrected chi connectivity index (χ0v) is 10.9. The third-order valence-corrected chi connectivity index (χ3v) is 3.03. The third kappa shape index (κ3) is 3.19. The highest BCUT2D eigenvalue weighted by Gasteiger charge is 2.31. The minimum atomic E-state index is -1.71. The first-order valence-corrected chi connectivity index (χ1v) is 6.05. The van der Waals surface area contributed by atoms with E-state index in [2.05, 4.69) is 9.97 Å². The lowest BCUT2D eigenvalue weighted by Gasteiger charge is -2.18. The van der Waals surface area contributed by atoms with Crippen LogP contribution in [0.5, 0.6) is 0 Å². The van der Waals surface area contributed by atoms with Crippen molar-refractivity contribution in [2.24, 2.45) is 0 Å². The summed E-state index contributed by atoms with van der Waals surface area (Å²) in [5, 5.41) is 9.65. The standard InChI is InChI=1S/C11H9Cl3N2O/c12-11(13,14)10(17)5-7-6-15-8-3-1-2-4-9(8)16-7/h1-4,6,10,17H,5H2/t10-/m1/s1. The van der Waals surface area contributed by atoms with Crippen LogP contribution in [-0.2, 0) is 6.42 Å². The molecule has 0 spiro atoms. The summed E-state index contributed by atoms with van der Waals surface area (Å²) in [6, 6.07) is 7.45. The van der Waals surface area contributed by atoms with E-state index in [1.807, 2.05) is 24.3 Å². The van der Waals surface area contributed by atoms with Gasteiger partial charge in [0, 0.05) is 12.6 Å². The van der Waals surface area contributed by atoms with Gasteiger partial charge in [-0.05, 0) is 12.1 Å². The number of aliphatic hydroxyl groups excluding tert-OH is 1. The second-order valence-corrected chi connectivity index (χ2v) is 5.98. The number of halogens is 3. The number of hydrogen-bond acceptors (Lipinski definition) is 3. The van der Waals surface area contributed by atoms with Gasteiger partial charge in [0.25, 0.3) is 0 Å². The Morgan fingerprint density at radius 3 is 2.47 bits per heavy atom. The minimum absolute atomic E-state index is 0.147. The molecule has 1 atom stereocenters. The highest BCUT2D eigenvalue weighted by molar-refractivity contribution is 6.68. The molecule has 0 radical (unpaired) electrons. The molecule has 17 heavy (non-hydrogen) atoms. The van der Waals surface area contributed by atoms with E-state index < -0.39 is 9.90 Å². The molecule has 1 aromatic heterocycles. The van der Waals surface area contributed by atoms with Crippen molar-refractivity contribution in [3.8, 4) is 0 Å². The Kier molecular flexibility index (Phi) is 3.73. The smallest absolute Gasteiger partial charge is 0.216 e. The number of benzene rings is 1. The number of rotatable bonds is 2. The van der Waals surface area contributed by atoms with Crippen molar-refractivity contribution in [3.63, 3.8) is 0 Å². The average Bonchev–Trinajstić information content (AvgIpc) is 2.27. The zero-order valence-electron chi connectivity index (χ0n) is 8.65. The number of para-hydroxylation sites is 2. The summed E-state index contributed by atoms with van der Waals surface area (Å²) in [6.45, 7) is 0. The summed E-state index contributed by atoms with van der Waals surface area (Å²) in [5.41, 5.74) is 2.13. The second kappa shape index (κ2) is 4.94. The van der Waals surface area contributed by atoms with Gasteiger partial charge in [0.2, 0.25) is 3.79 Å². The Labute approximate surface area is 113 Å². The fourth-order valence-corrected chi connectivity index (χ4v) is 1.64. The Balaban J connectivity index is 2.25. The monoisotopic (exact) mass is 290 g/mol. The van der Waals surface area contributed by atoms with E-state index in [1.165, 1.54) is 0 Å². The van der Waals surface area contributed by atoms with E-state index in [4.69, 9.17) is 34.8 Å². The summed E-state index contributed by atoms with van der Waals surface area (Å²) in [7, 11) is 0. The van der Waals surface area contributed by atoms with E-state index in [1.54, 1.807) is 6.20 Å². The van der Waals surface area contributed by atoms with E-state index in [0.29, 0.717) is 5.69 Å². The fourth-order valence-electron chi connectivity index (χ4n) is 1.41. The molecule has 0 aliphatic rings. The number of nitrogens with zero attached hydrogens (tertiary/aromatic N) is 2. The van der Waals surface area contributed by atoms with E-state index in [9.17, 15) is 5.11 Å². The van der Waals surface area contributed by atoms with Gasteiger partial charge in [-0.3, -0.25) is 4.98 Å². The number of alkyl halides is 3. The molecule has 90 valence electrons. The Bertz CT molecular complexity index is 527. The van der Waals surface area contributed by atoms with Crippen molar-refractivity contribution >= 4 is 45.8 Å². The van der Waals surface area contributed by atoms with Crippen LogP contribution in [0.15, 0.2) is 30.5 Å². The van der Waals surface area contributed by atoms with Crippen molar-refractivity contribution < 1.29 is 5.11 Å². The molecule has 2 aromatic rings. The van der Waals surface area contributed by atoms with Crippen LogP contribution in [-0.4, -0.2) is 25.0 Å². The molecule has 1 heterocycles. The van der Waals surface area contributed by atoms with Gasteiger partial charge in [0.1, 0.15) is 6.10 Å². The summed E-state index contributed by atoms with van der Waals surface area (Å²) in [6.07, 6.45) is 0.610. The van der Waals surface area contributed by atoms with Crippen molar-refractivity contribution in [2.75, 3.05) is 0 Å². The molecule has 0 amide bonds. The van der Waals surface area contributed by atoms with Crippen LogP contribution in [0.4, 0.5) is 0 Å². The number of hydrogen-bond donors (Lipinski definition) is 1. The van der Waals surface area contributed by atoms with Crippen LogP contribution >= 0.6 is 34.8 Å². The zero-order chi connectivity index (χ0) is 12.5. The maximum absolute atomic E-state index is 9.65. The molecule has 0 aliphatic carbocycles. The Morgan fingerprint density at radius 1 is 1.18 bits per heavy atom. The Morgan fingerprint density at radius 2 is 1.82 bits per heavy atom. The van der Waals surface area contributed by atoms with Gasteiger partial charge in [-0.25, -0.2) is 4.98 Å². The molecule has 0 saturated heterocycles. The first kappa shape index (κ1) is 12.8. The van der Waals surface area contributed by atoms with E-state index in [0.717, 1.165) is 11.0 Å². The molecular weight excluding hydrogens is 282 g/mol. The lowest BCUT2D eigenvalue weighted by Crippen LogP contribution is -2.27. The molecule has 0 saturated carbocycles. The van der Waals surface area contributed by atoms with Crippen molar-refractivity contribution in [2.45, 2.75) is 16.3 Å². The summed E-state index contributed by atoms with van der Waals surface area (Å²) in [4.78, 5) is 8.54. The minimum Gasteiger partial charge on any atom is -0.388 e. The van der Waals surface area contributed by atoms with Crippen LogP contribution in [0.2, 0.25) is 0 Å². The molecule has 0 bridgehead atoms. The topological polar surface area (TPSA) is 46.0 Å². The highest BCUT2D eigenvalue weighted by Crippen LogP contribution is 2.31. The lowest BCUT2D eigenvalue weighted by atomic mass is 10.2. The molecule has 1 N–H and O–H groups in total. The maximum Gasteiger partial charge on any atom is 0.216 e. The van der Waals surface area contributed by atoms with Crippen LogP contribution < -0.4 is 0 Å². The Hall–Kier alpha value is -0.610. The van der Waals surface area contributed by atoms with Crippen LogP contribution in [0, 0.1) is 0 Å². The molecule has 2 rings (SSSR count). The molecule has 6 heteroatoms. The predicted octanol–water partition coefficient (Wildman–Crippen LogP) is 2.90. The van der Waals surface area contributed by atoms with E-state index >= 15 is 0 Å². The van der Waals surface area contributed by atoms with E-state index in [-0.39, 0.29) is 6.42 Å². The van der Waals surface area contributed by atoms with Crippen LogP contribution in [0.3, 0.4) is 0 Å². The lowest BCUT2D eigenvalue weighted by molar-refractivity contribution is 0.178. The predicted molar refractivity (Wildman–Crippen MR) is 69.5 cm³/mol. The summed E-state index contributed by atoms with van der Waals surface area (Å²) >= 11 is 16.8. The van der Waals surface area contributed by atoms with Gasteiger partial charge in [0.15, 0.2) is 0 Å². The van der Waals surface area contributed by atoms with Gasteiger partial charge in [-0.1, -0.05) is 46.9 Å². The van der Waals surface area contributed by atoms with Gasteiger partial charge in [0.05, 0.1) is 16.7 Å². The first-order valence-electron chi connectivity index (χ1n) is 4.92. The third-order valence-electron chi connectivity index (χ3n) is 2.28. The number of fused-ring (bicyclic) bond motifs is 1. The molecular formula is C11H9Cl3N2O. The number of aromatic nitrogens is 2. The fraction of sp³-hybridized carbons (Fsp3) is 0.273. The second-order valence-electron chi connectivity index (χ2n) is 3.61. The molecule has 0 unspecified atom stereocenters. The quantitative estimate of drug-likeness (QED) is 0.865. The normalized spacial score (nSPS) is 13.9. The largest absolute Gasteiger partial charge is 0.388 e. The maximum atomic E-state index is 9.65. The molecule has 0 fully saturated rings. The average molecular weight is 292 g/mol. The molecule has 3 nitrogen and oxygen atoms in total. The SMILES string of the molecule is O[C@H](Cc1cnc2ccccc2n1)C(Cl)(Cl)Cl. The van der Waals surface area contributed by atoms with Crippen molar-refractivity contribution in [3.05, 3.63) is 36.2 Å². The van der Waals surface area contributed by atoms with Gasteiger partial charge < -0.3 is 5.11 Å². The molecule has 1 aromatic carbocycles. The summed E-state index contributed by atoms with van der Waals surface area (Å²) in [5.74, 6) is 0. The first-order chi connectivity index (χ1) is 7.97. The van der Waals surface area contributed by atoms with Gasteiger partial charge in [-0.15, -0.1) is 0 Å². The molecule has 0 aliphatic heterocycles. The number of aliphatic hydroxyl groups is 1. The van der Waals surface area contributed by atoms with Gasteiger partial charge >= 0.3 is 0 Å². The van der Waals surface area contributed by atoms with Crippen LogP contribution in [0.1, 0.15) is 5.69 Å².